The molecule has 3 heteroatoms. The number of aromatic nitrogens is 2. The Kier molecular flexibility index (Phi) is 3.60. The lowest BCUT2D eigenvalue weighted by Gasteiger charge is -2.12. The normalized spacial score (nSPS) is 15.4. The van der Waals surface area contributed by atoms with Crippen LogP contribution >= 0.6 is 0 Å². The standard InChI is InChI=1S/C20H17N2O/c1-2-6-16(7-3-1)15-22-13-12-21-14-20(22)23-19-11-10-17-8-4-5-9-18(17)19/h1-14,19H,15H2/q+1. The van der Waals surface area contributed by atoms with Crippen LogP contribution in [0.5, 0.6) is 5.88 Å². The summed E-state index contributed by atoms with van der Waals surface area (Å²) in [6, 6.07) is 18.7. The number of benzene rings is 2. The van der Waals surface area contributed by atoms with Crippen LogP contribution in [0.15, 0.2) is 79.3 Å². The van der Waals surface area contributed by atoms with Gasteiger partial charge in [-0.1, -0.05) is 60.7 Å². The average Bonchev–Trinajstić information content (AvgIpc) is 3.01. The summed E-state index contributed by atoms with van der Waals surface area (Å²) in [6.07, 6.45) is 9.65. The van der Waals surface area contributed by atoms with Crippen molar-refractivity contribution in [2.45, 2.75) is 12.6 Å². The Morgan fingerprint density at radius 2 is 1.83 bits per heavy atom. The number of hydrogen-bond donors (Lipinski definition) is 0. The fraction of sp³-hybridized carbons (Fsp3) is 0.100. The van der Waals surface area contributed by atoms with Crippen LogP contribution in [0.1, 0.15) is 22.8 Å². The molecular weight excluding hydrogens is 284 g/mol. The van der Waals surface area contributed by atoms with Gasteiger partial charge in [0.2, 0.25) is 0 Å². The van der Waals surface area contributed by atoms with E-state index in [1.165, 1.54) is 16.7 Å². The smallest absolute Gasteiger partial charge is 0.388 e. The van der Waals surface area contributed by atoms with E-state index in [-0.39, 0.29) is 6.10 Å². The van der Waals surface area contributed by atoms with E-state index in [0.717, 1.165) is 12.4 Å². The molecule has 0 N–H and O–H groups in total. The molecule has 0 bridgehead atoms. The van der Waals surface area contributed by atoms with Crippen molar-refractivity contribution in [2.24, 2.45) is 0 Å². The van der Waals surface area contributed by atoms with Crippen LogP contribution in [-0.2, 0) is 6.54 Å². The van der Waals surface area contributed by atoms with Crippen molar-refractivity contribution in [3.8, 4) is 5.88 Å². The van der Waals surface area contributed by atoms with Gasteiger partial charge in [-0.25, -0.2) is 4.98 Å². The van der Waals surface area contributed by atoms with Crippen LogP contribution in [0, 0.1) is 0 Å². The van der Waals surface area contributed by atoms with Crippen LogP contribution in [0.2, 0.25) is 0 Å². The SMILES string of the molecule is C1=CC(Oc2cncc[n+]2Cc2ccccc2)c2ccccc21. The summed E-state index contributed by atoms with van der Waals surface area (Å²) >= 11 is 0. The van der Waals surface area contributed by atoms with E-state index in [0.29, 0.717) is 0 Å². The summed E-state index contributed by atoms with van der Waals surface area (Å²) in [4.78, 5) is 4.22. The number of rotatable bonds is 4. The molecular formula is C20H17N2O+. The molecule has 3 nitrogen and oxygen atoms in total. The van der Waals surface area contributed by atoms with Crippen LogP contribution < -0.4 is 9.30 Å². The highest BCUT2D eigenvalue weighted by atomic mass is 16.5. The molecule has 2 aromatic carbocycles. The maximum Gasteiger partial charge on any atom is 0.388 e. The maximum absolute atomic E-state index is 6.22. The van der Waals surface area contributed by atoms with Crippen molar-refractivity contribution >= 4 is 6.08 Å². The van der Waals surface area contributed by atoms with Crippen LogP contribution in [0.25, 0.3) is 6.08 Å². The van der Waals surface area contributed by atoms with Gasteiger partial charge in [0, 0.05) is 11.1 Å². The molecule has 1 unspecified atom stereocenters. The average molecular weight is 301 g/mol. The molecule has 0 radical (unpaired) electrons. The Bertz CT molecular complexity index is 843. The second-order valence-corrected chi connectivity index (χ2v) is 5.55. The number of hydrogen-bond acceptors (Lipinski definition) is 2. The molecule has 1 atom stereocenters. The summed E-state index contributed by atoms with van der Waals surface area (Å²) in [5, 5.41) is 0. The number of nitrogens with zero attached hydrogens (tertiary/aromatic N) is 2. The molecule has 0 amide bonds. The first-order chi connectivity index (χ1) is 11.4. The highest BCUT2D eigenvalue weighted by Gasteiger charge is 2.22. The number of ether oxygens (including phenoxy) is 1. The first-order valence-corrected chi connectivity index (χ1v) is 7.71. The maximum atomic E-state index is 6.22. The topological polar surface area (TPSA) is 26.0 Å². The minimum Gasteiger partial charge on any atom is -0.431 e. The van der Waals surface area contributed by atoms with E-state index in [1.807, 2.05) is 36.5 Å². The van der Waals surface area contributed by atoms with E-state index < -0.39 is 0 Å². The number of fused-ring (bicyclic) bond motifs is 1. The Morgan fingerprint density at radius 3 is 2.74 bits per heavy atom. The molecule has 1 aliphatic rings. The summed E-state index contributed by atoms with van der Waals surface area (Å²) in [5.74, 6) is 0.766. The lowest BCUT2D eigenvalue weighted by molar-refractivity contribution is -0.694. The summed E-state index contributed by atoms with van der Waals surface area (Å²) in [5.41, 5.74) is 3.65. The second kappa shape index (κ2) is 6.05. The van der Waals surface area contributed by atoms with Crippen molar-refractivity contribution in [3.63, 3.8) is 0 Å². The zero-order valence-electron chi connectivity index (χ0n) is 12.7. The van der Waals surface area contributed by atoms with Gasteiger partial charge in [0.15, 0.2) is 12.7 Å². The molecule has 0 spiro atoms. The fourth-order valence-corrected chi connectivity index (χ4v) is 2.83. The van der Waals surface area contributed by atoms with Gasteiger partial charge < -0.3 is 4.74 Å². The van der Waals surface area contributed by atoms with Gasteiger partial charge in [-0.3, -0.25) is 0 Å². The Morgan fingerprint density at radius 1 is 1.00 bits per heavy atom. The largest absolute Gasteiger partial charge is 0.431 e. The van der Waals surface area contributed by atoms with Crippen molar-refractivity contribution < 1.29 is 9.30 Å². The summed E-state index contributed by atoms with van der Waals surface area (Å²) in [7, 11) is 0. The molecule has 0 saturated carbocycles. The highest BCUT2D eigenvalue weighted by Crippen LogP contribution is 2.30. The third-order valence-electron chi connectivity index (χ3n) is 4.00. The molecule has 3 aromatic rings. The van der Waals surface area contributed by atoms with Crippen molar-refractivity contribution in [3.05, 3.63) is 96.0 Å². The van der Waals surface area contributed by atoms with E-state index in [9.17, 15) is 0 Å². The molecule has 1 heterocycles. The highest BCUT2D eigenvalue weighted by molar-refractivity contribution is 5.61. The third kappa shape index (κ3) is 2.86. The molecule has 1 aromatic heterocycles. The van der Waals surface area contributed by atoms with Crippen LogP contribution in [0.3, 0.4) is 0 Å². The first-order valence-electron chi connectivity index (χ1n) is 7.71. The quantitative estimate of drug-likeness (QED) is 0.689. The minimum atomic E-state index is -0.0579. The Hall–Kier alpha value is -2.94. The predicted octanol–water partition coefficient (Wildman–Crippen LogP) is 3.56. The zero-order chi connectivity index (χ0) is 15.5. The predicted molar refractivity (Wildman–Crippen MR) is 88.8 cm³/mol. The Balaban J connectivity index is 1.60. The van der Waals surface area contributed by atoms with Gasteiger partial charge in [0.05, 0.1) is 6.20 Å². The van der Waals surface area contributed by atoms with Gasteiger partial charge in [-0.05, 0) is 11.6 Å². The Labute approximate surface area is 135 Å². The fourth-order valence-electron chi connectivity index (χ4n) is 2.83. The van der Waals surface area contributed by atoms with E-state index in [4.69, 9.17) is 4.74 Å². The van der Waals surface area contributed by atoms with E-state index >= 15 is 0 Å². The van der Waals surface area contributed by atoms with Crippen molar-refractivity contribution in [1.82, 2.24) is 4.98 Å². The van der Waals surface area contributed by atoms with Gasteiger partial charge in [-0.2, -0.15) is 4.57 Å². The van der Waals surface area contributed by atoms with Crippen molar-refractivity contribution in [1.29, 1.82) is 0 Å². The molecule has 0 saturated heterocycles. The van der Waals surface area contributed by atoms with Gasteiger partial charge in [0.1, 0.15) is 12.3 Å². The molecule has 1 aliphatic carbocycles. The lowest BCUT2D eigenvalue weighted by Crippen LogP contribution is -2.36. The summed E-state index contributed by atoms with van der Waals surface area (Å²) < 4.78 is 8.30. The molecule has 0 aliphatic heterocycles. The lowest BCUT2D eigenvalue weighted by atomic mass is 10.1. The van der Waals surface area contributed by atoms with Crippen LogP contribution in [-0.4, -0.2) is 4.98 Å². The third-order valence-corrected chi connectivity index (χ3v) is 4.00. The second-order valence-electron chi connectivity index (χ2n) is 5.55. The van der Waals surface area contributed by atoms with Gasteiger partial charge >= 0.3 is 5.88 Å². The van der Waals surface area contributed by atoms with Crippen molar-refractivity contribution in [2.75, 3.05) is 0 Å². The zero-order valence-corrected chi connectivity index (χ0v) is 12.7. The van der Waals surface area contributed by atoms with E-state index in [1.54, 1.807) is 12.4 Å². The first kappa shape index (κ1) is 13.7. The van der Waals surface area contributed by atoms with Crippen LogP contribution in [0.4, 0.5) is 0 Å². The molecule has 112 valence electrons. The summed E-state index contributed by atoms with van der Waals surface area (Å²) in [6.45, 7) is 0.761. The minimum absolute atomic E-state index is 0.0579. The molecule has 23 heavy (non-hydrogen) atoms. The molecule has 4 rings (SSSR count). The molecule has 0 fully saturated rings. The van der Waals surface area contributed by atoms with Gasteiger partial charge in [-0.15, -0.1) is 0 Å². The van der Waals surface area contributed by atoms with E-state index in [2.05, 4.69) is 46.0 Å². The van der Waals surface area contributed by atoms with Gasteiger partial charge in [0.25, 0.3) is 0 Å². The monoisotopic (exact) mass is 301 g/mol.